The van der Waals surface area contributed by atoms with Crippen molar-refractivity contribution in [3.63, 3.8) is 0 Å². The molecule has 2 nitrogen and oxygen atoms in total. The summed E-state index contributed by atoms with van der Waals surface area (Å²) in [6, 6.07) is 5.91. The minimum absolute atomic E-state index is 0. The van der Waals surface area contributed by atoms with Crippen LogP contribution in [0.2, 0.25) is 0 Å². The van der Waals surface area contributed by atoms with Crippen LogP contribution in [0.3, 0.4) is 0 Å². The second-order valence-corrected chi connectivity index (χ2v) is 3.00. The third-order valence-corrected chi connectivity index (χ3v) is 2.08. The number of hydrogen-bond donors (Lipinski definition) is 1. The fraction of sp³-hybridized carbons (Fsp3) is 0.300. The van der Waals surface area contributed by atoms with Gasteiger partial charge in [0, 0.05) is 0 Å². The first-order valence-electron chi connectivity index (χ1n) is 3.94. The number of carbonyl (C=O) groups excluding carboxylic acids is 1. The van der Waals surface area contributed by atoms with Crippen molar-refractivity contribution in [2.24, 2.45) is 5.73 Å². The van der Waals surface area contributed by atoms with Gasteiger partial charge in [0.25, 0.3) is 0 Å². The number of hydrogen-bond acceptors (Lipinski definition) is 1. The van der Waals surface area contributed by atoms with Crippen LogP contribution in [0, 0.1) is 13.8 Å². The molecule has 0 unspecified atom stereocenters. The average Bonchev–Trinajstić information content (AvgIpc) is 1.98. The van der Waals surface area contributed by atoms with Crippen molar-refractivity contribution >= 4 is 18.3 Å². The van der Waals surface area contributed by atoms with Gasteiger partial charge in [0.2, 0.25) is 5.91 Å². The molecule has 0 aliphatic rings. The zero-order valence-corrected chi connectivity index (χ0v) is 8.65. The van der Waals surface area contributed by atoms with Gasteiger partial charge >= 0.3 is 0 Å². The number of rotatable bonds is 2. The van der Waals surface area contributed by atoms with Crippen molar-refractivity contribution in [3.05, 3.63) is 34.9 Å². The molecule has 0 aromatic heterocycles. The fourth-order valence-electron chi connectivity index (χ4n) is 1.19. The van der Waals surface area contributed by atoms with Crippen LogP contribution < -0.4 is 5.73 Å². The Labute approximate surface area is 84.5 Å². The lowest BCUT2D eigenvalue weighted by Crippen LogP contribution is -2.14. The Morgan fingerprint density at radius 1 is 1.38 bits per heavy atom. The molecule has 0 bridgehead atoms. The zero-order valence-electron chi connectivity index (χ0n) is 7.83. The quantitative estimate of drug-likeness (QED) is 0.775. The molecule has 1 aromatic rings. The van der Waals surface area contributed by atoms with Gasteiger partial charge in [0.05, 0.1) is 6.42 Å². The number of carbonyl (C=O) groups is 1. The second-order valence-electron chi connectivity index (χ2n) is 3.00. The molecule has 0 fully saturated rings. The first-order chi connectivity index (χ1) is 5.61. The maximum absolute atomic E-state index is 10.7. The molecule has 0 spiro atoms. The number of halogens is 1. The van der Waals surface area contributed by atoms with E-state index < -0.39 is 0 Å². The van der Waals surface area contributed by atoms with E-state index in [1.165, 1.54) is 5.56 Å². The van der Waals surface area contributed by atoms with Crippen LogP contribution in [-0.2, 0) is 11.2 Å². The van der Waals surface area contributed by atoms with Crippen molar-refractivity contribution in [2.75, 3.05) is 0 Å². The van der Waals surface area contributed by atoms with Gasteiger partial charge in [-0.05, 0) is 30.5 Å². The summed E-state index contributed by atoms with van der Waals surface area (Å²) in [5.74, 6) is -0.274. The molecule has 13 heavy (non-hydrogen) atoms. The van der Waals surface area contributed by atoms with Crippen LogP contribution in [0.1, 0.15) is 16.7 Å². The SMILES string of the molecule is Cc1cccc(CC(N)=O)c1C.Cl. The van der Waals surface area contributed by atoms with E-state index in [1.54, 1.807) is 0 Å². The molecule has 0 saturated carbocycles. The van der Waals surface area contributed by atoms with Crippen LogP contribution >= 0.6 is 12.4 Å². The van der Waals surface area contributed by atoms with E-state index in [-0.39, 0.29) is 18.3 Å². The summed E-state index contributed by atoms with van der Waals surface area (Å²) in [6.45, 7) is 4.04. The molecule has 0 aliphatic carbocycles. The predicted octanol–water partition coefficient (Wildman–Crippen LogP) is 1.75. The van der Waals surface area contributed by atoms with Gasteiger partial charge in [-0.25, -0.2) is 0 Å². The predicted molar refractivity (Wildman–Crippen MR) is 56.1 cm³/mol. The minimum Gasteiger partial charge on any atom is -0.369 e. The van der Waals surface area contributed by atoms with E-state index in [9.17, 15) is 4.79 Å². The topological polar surface area (TPSA) is 43.1 Å². The van der Waals surface area contributed by atoms with Crippen molar-refractivity contribution < 1.29 is 4.79 Å². The highest BCUT2D eigenvalue weighted by atomic mass is 35.5. The molecule has 0 atom stereocenters. The van der Waals surface area contributed by atoms with Gasteiger partial charge in [0.15, 0.2) is 0 Å². The number of aryl methyl sites for hydroxylation is 1. The van der Waals surface area contributed by atoms with Gasteiger partial charge < -0.3 is 5.73 Å². The minimum atomic E-state index is -0.274. The Bertz CT molecular complexity index is 310. The first kappa shape index (κ1) is 12.0. The smallest absolute Gasteiger partial charge is 0.221 e. The lowest BCUT2D eigenvalue weighted by molar-refractivity contribution is -0.117. The van der Waals surface area contributed by atoms with Crippen LogP contribution in [0.4, 0.5) is 0 Å². The summed E-state index contributed by atoms with van der Waals surface area (Å²) in [4.78, 5) is 10.7. The standard InChI is InChI=1S/C10H13NO.ClH/c1-7-4-3-5-9(8(7)2)6-10(11)12;/h3-5H,6H2,1-2H3,(H2,11,12);1H. The number of nitrogens with two attached hydrogens (primary N) is 1. The summed E-state index contributed by atoms with van der Waals surface area (Å²) in [5, 5.41) is 0. The molecule has 0 aliphatic heterocycles. The van der Waals surface area contributed by atoms with E-state index in [4.69, 9.17) is 5.73 Å². The third kappa shape index (κ3) is 3.07. The van der Waals surface area contributed by atoms with Crippen LogP contribution in [0.5, 0.6) is 0 Å². The summed E-state index contributed by atoms with van der Waals surface area (Å²) in [7, 11) is 0. The Kier molecular flexibility index (Phi) is 4.49. The molecule has 0 heterocycles. The molecule has 1 aromatic carbocycles. The molecular formula is C10H14ClNO. The molecule has 2 N–H and O–H groups in total. The molecule has 1 amide bonds. The highest BCUT2D eigenvalue weighted by Gasteiger charge is 2.02. The van der Waals surface area contributed by atoms with E-state index in [2.05, 4.69) is 0 Å². The van der Waals surface area contributed by atoms with Gasteiger partial charge in [0.1, 0.15) is 0 Å². The lowest BCUT2D eigenvalue weighted by atomic mass is 10.0. The van der Waals surface area contributed by atoms with E-state index in [0.29, 0.717) is 6.42 Å². The van der Waals surface area contributed by atoms with Crippen LogP contribution in [-0.4, -0.2) is 5.91 Å². The van der Waals surface area contributed by atoms with Crippen molar-refractivity contribution in [1.82, 2.24) is 0 Å². The first-order valence-corrected chi connectivity index (χ1v) is 3.94. The molecule has 3 heteroatoms. The highest BCUT2D eigenvalue weighted by Crippen LogP contribution is 2.12. The second kappa shape index (κ2) is 4.87. The molecule has 0 radical (unpaired) electrons. The Hall–Kier alpha value is -1.02. The molecule has 72 valence electrons. The zero-order chi connectivity index (χ0) is 9.14. The molecular weight excluding hydrogens is 186 g/mol. The Balaban J connectivity index is 0.00000144. The van der Waals surface area contributed by atoms with Crippen LogP contribution in [0.25, 0.3) is 0 Å². The number of benzene rings is 1. The largest absolute Gasteiger partial charge is 0.369 e. The Morgan fingerprint density at radius 3 is 2.54 bits per heavy atom. The normalized spacial score (nSPS) is 9.08. The third-order valence-electron chi connectivity index (χ3n) is 2.08. The number of amides is 1. The van der Waals surface area contributed by atoms with Crippen molar-refractivity contribution in [1.29, 1.82) is 0 Å². The lowest BCUT2D eigenvalue weighted by Gasteiger charge is -2.05. The van der Waals surface area contributed by atoms with Gasteiger partial charge in [-0.2, -0.15) is 0 Å². The summed E-state index contributed by atoms with van der Waals surface area (Å²) in [6.07, 6.45) is 0.341. The van der Waals surface area contributed by atoms with E-state index >= 15 is 0 Å². The van der Waals surface area contributed by atoms with Gasteiger partial charge in [-0.1, -0.05) is 18.2 Å². The fourth-order valence-corrected chi connectivity index (χ4v) is 1.19. The van der Waals surface area contributed by atoms with E-state index in [1.807, 2.05) is 32.0 Å². The van der Waals surface area contributed by atoms with E-state index in [0.717, 1.165) is 11.1 Å². The maximum atomic E-state index is 10.7. The molecule has 1 rings (SSSR count). The summed E-state index contributed by atoms with van der Waals surface area (Å²) < 4.78 is 0. The number of primary amides is 1. The van der Waals surface area contributed by atoms with Crippen molar-refractivity contribution in [3.8, 4) is 0 Å². The van der Waals surface area contributed by atoms with Crippen LogP contribution in [0.15, 0.2) is 18.2 Å². The monoisotopic (exact) mass is 199 g/mol. The highest BCUT2D eigenvalue weighted by molar-refractivity contribution is 5.85. The summed E-state index contributed by atoms with van der Waals surface area (Å²) in [5.41, 5.74) is 8.50. The average molecular weight is 200 g/mol. The molecule has 0 saturated heterocycles. The van der Waals surface area contributed by atoms with Gasteiger partial charge in [-0.3, -0.25) is 4.79 Å². The Morgan fingerprint density at radius 2 is 2.00 bits per heavy atom. The van der Waals surface area contributed by atoms with Crippen molar-refractivity contribution in [2.45, 2.75) is 20.3 Å². The van der Waals surface area contributed by atoms with Gasteiger partial charge in [-0.15, -0.1) is 12.4 Å². The summed E-state index contributed by atoms with van der Waals surface area (Å²) >= 11 is 0. The maximum Gasteiger partial charge on any atom is 0.221 e.